The number of aliphatic carboxylic acids is 2. The van der Waals surface area contributed by atoms with Crippen LogP contribution in [0.2, 0.25) is 0 Å². The Labute approximate surface area is 166 Å². The van der Waals surface area contributed by atoms with Gasteiger partial charge in [-0.05, 0) is 18.6 Å². The number of carbonyl (C=O) groups excluding carboxylic acids is 1. The molecule has 1 amide bonds. The predicted molar refractivity (Wildman–Crippen MR) is 109 cm³/mol. The number of rotatable bonds is 15. The first-order valence-electron chi connectivity index (χ1n) is 10.0. The maximum atomic E-state index is 12.5. The van der Waals surface area contributed by atoms with Crippen LogP contribution in [0.15, 0.2) is 24.3 Å². The Morgan fingerprint density at radius 3 is 1.96 bits per heavy atom. The summed E-state index contributed by atoms with van der Waals surface area (Å²) in [7, 11) is 0. The van der Waals surface area contributed by atoms with Gasteiger partial charge in [-0.25, -0.2) is 0 Å². The lowest BCUT2D eigenvalue weighted by atomic mass is 10.1. The van der Waals surface area contributed by atoms with Crippen LogP contribution in [0.25, 0.3) is 0 Å². The number of hydrogen-bond acceptors (Lipinski definition) is 4. The molecule has 1 aromatic carbocycles. The number of unbranched alkanes of at least 4 members (excludes halogenated alkanes) is 7. The average Bonchev–Trinajstić information content (AvgIpc) is 2.65. The smallest absolute Gasteiger partial charge is 0.323 e. The van der Waals surface area contributed by atoms with E-state index in [4.69, 9.17) is 10.2 Å². The second kappa shape index (κ2) is 13.6. The van der Waals surface area contributed by atoms with Crippen molar-refractivity contribution in [1.29, 1.82) is 0 Å². The molecule has 0 aliphatic carbocycles. The third-order valence-electron chi connectivity index (χ3n) is 4.46. The molecule has 0 bridgehead atoms. The number of carboxylic acids is 2. The van der Waals surface area contributed by atoms with Gasteiger partial charge in [0.2, 0.25) is 0 Å². The van der Waals surface area contributed by atoms with Crippen LogP contribution in [0.5, 0.6) is 0 Å². The van der Waals surface area contributed by atoms with Crippen LogP contribution in [0.1, 0.15) is 68.6 Å². The number of carboxylic acid groups (broad SMARTS) is 2. The maximum absolute atomic E-state index is 12.5. The summed E-state index contributed by atoms with van der Waals surface area (Å²) in [6, 6.07) is 6.47. The molecule has 0 aliphatic rings. The summed E-state index contributed by atoms with van der Waals surface area (Å²) < 4.78 is 0. The SMILES string of the molecule is CCCCCCCCCCNC(=O)c1ccccc1N(CC(=O)O)CC(=O)O. The molecule has 0 radical (unpaired) electrons. The molecule has 0 atom stereocenters. The Kier molecular flexibility index (Phi) is 11.4. The third-order valence-corrected chi connectivity index (χ3v) is 4.46. The number of amides is 1. The first-order chi connectivity index (χ1) is 13.5. The van der Waals surface area contributed by atoms with E-state index in [9.17, 15) is 14.4 Å². The molecule has 0 aromatic heterocycles. The molecule has 1 rings (SSSR count). The minimum absolute atomic E-state index is 0.282. The Bertz CT molecular complexity index is 617. The molecule has 0 saturated heterocycles. The molecule has 0 unspecified atom stereocenters. The van der Waals surface area contributed by atoms with Crippen LogP contribution in [0.3, 0.4) is 0 Å². The van der Waals surface area contributed by atoms with Gasteiger partial charge in [0.05, 0.1) is 11.3 Å². The number of carbonyl (C=O) groups is 3. The van der Waals surface area contributed by atoms with Crippen molar-refractivity contribution in [3.63, 3.8) is 0 Å². The van der Waals surface area contributed by atoms with E-state index < -0.39 is 25.0 Å². The molecule has 3 N–H and O–H groups in total. The van der Waals surface area contributed by atoms with Crippen molar-refractivity contribution < 1.29 is 24.6 Å². The van der Waals surface area contributed by atoms with Crippen molar-refractivity contribution in [1.82, 2.24) is 5.32 Å². The number of nitrogens with zero attached hydrogens (tertiary/aromatic N) is 1. The van der Waals surface area contributed by atoms with E-state index in [1.807, 2.05) is 0 Å². The largest absolute Gasteiger partial charge is 0.480 e. The third kappa shape index (κ3) is 9.39. The van der Waals surface area contributed by atoms with Gasteiger partial charge in [-0.15, -0.1) is 0 Å². The molecule has 1 aromatic rings. The summed E-state index contributed by atoms with van der Waals surface area (Å²) >= 11 is 0. The Balaban J connectivity index is 2.54. The number of benzene rings is 1. The van der Waals surface area contributed by atoms with Crippen LogP contribution in [-0.4, -0.2) is 47.7 Å². The number of nitrogens with one attached hydrogen (secondary N) is 1. The quantitative estimate of drug-likeness (QED) is 0.394. The highest BCUT2D eigenvalue weighted by atomic mass is 16.4. The molecule has 7 nitrogen and oxygen atoms in total. The number of anilines is 1. The van der Waals surface area contributed by atoms with Gasteiger partial charge >= 0.3 is 11.9 Å². The number of hydrogen-bond donors (Lipinski definition) is 3. The lowest BCUT2D eigenvalue weighted by Gasteiger charge is -2.23. The van der Waals surface area contributed by atoms with Gasteiger partial charge in [0.1, 0.15) is 13.1 Å². The molecular formula is C21H32N2O5. The lowest BCUT2D eigenvalue weighted by molar-refractivity contribution is -0.136. The summed E-state index contributed by atoms with van der Waals surface area (Å²) in [6.07, 6.45) is 9.38. The highest BCUT2D eigenvalue weighted by Crippen LogP contribution is 2.20. The van der Waals surface area contributed by atoms with E-state index in [-0.39, 0.29) is 11.5 Å². The first-order valence-corrected chi connectivity index (χ1v) is 10.0. The lowest BCUT2D eigenvalue weighted by Crippen LogP contribution is -2.36. The maximum Gasteiger partial charge on any atom is 0.323 e. The highest BCUT2D eigenvalue weighted by Gasteiger charge is 2.20. The Morgan fingerprint density at radius 1 is 0.857 bits per heavy atom. The number of para-hydroxylation sites is 1. The van der Waals surface area contributed by atoms with E-state index in [0.717, 1.165) is 19.3 Å². The average molecular weight is 392 g/mol. The fourth-order valence-corrected chi connectivity index (χ4v) is 3.05. The molecule has 0 aliphatic heterocycles. The van der Waals surface area contributed by atoms with E-state index in [2.05, 4.69) is 12.2 Å². The molecule has 0 saturated carbocycles. The fraction of sp³-hybridized carbons (Fsp3) is 0.571. The second-order valence-corrected chi connectivity index (χ2v) is 6.89. The molecule has 7 heteroatoms. The second-order valence-electron chi connectivity index (χ2n) is 6.89. The van der Waals surface area contributed by atoms with Crippen molar-refractivity contribution >= 4 is 23.5 Å². The Morgan fingerprint density at radius 2 is 1.39 bits per heavy atom. The van der Waals surface area contributed by atoms with E-state index in [1.54, 1.807) is 24.3 Å². The van der Waals surface area contributed by atoms with Gasteiger partial charge in [0, 0.05) is 6.54 Å². The summed E-state index contributed by atoms with van der Waals surface area (Å²) in [4.78, 5) is 35.8. The summed E-state index contributed by atoms with van der Waals surface area (Å²) in [5, 5.41) is 20.9. The summed E-state index contributed by atoms with van der Waals surface area (Å²) in [6.45, 7) is 1.76. The van der Waals surface area contributed by atoms with Gasteiger partial charge in [-0.2, -0.15) is 0 Å². The zero-order valence-corrected chi connectivity index (χ0v) is 16.7. The van der Waals surface area contributed by atoms with E-state index in [0.29, 0.717) is 12.2 Å². The Hall–Kier alpha value is -2.57. The molecule has 156 valence electrons. The minimum Gasteiger partial charge on any atom is -0.480 e. The highest BCUT2D eigenvalue weighted by molar-refractivity contribution is 6.00. The van der Waals surface area contributed by atoms with Gasteiger partial charge in [-0.1, -0.05) is 64.0 Å². The molecule has 0 heterocycles. The summed E-state index contributed by atoms with van der Waals surface area (Å²) in [5.41, 5.74) is 0.588. The van der Waals surface area contributed by atoms with Crippen LogP contribution in [0, 0.1) is 0 Å². The molecule has 0 fully saturated rings. The van der Waals surface area contributed by atoms with Crippen LogP contribution in [0.4, 0.5) is 5.69 Å². The standard InChI is InChI=1S/C21H32N2O5/c1-2-3-4-5-6-7-8-11-14-22-21(28)17-12-9-10-13-18(17)23(15-19(24)25)16-20(26)27/h9-10,12-13H,2-8,11,14-16H2,1H3,(H,22,28)(H,24,25)(H,26,27). The monoisotopic (exact) mass is 392 g/mol. The fourth-order valence-electron chi connectivity index (χ4n) is 3.05. The van der Waals surface area contributed by atoms with E-state index in [1.165, 1.54) is 37.0 Å². The van der Waals surface area contributed by atoms with Crippen LogP contribution >= 0.6 is 0 Å². The normalized spacial score (nSPS) is 10.5. The van der Waals surface area contributed by atoms with Crippen molar-refractivity contribution in [2.75, 3.05) is 24.5 Å². The molecule has 0 spiro atoms. The topological polar surface area (TPSA) is 107 Å². The summed E-state index contributed by atoms with van der Waals surface area (Å²) in [5.74, 6) is -2.63. The molecular weight excluding hydrogens is 360 g/mol. The van der Waals surface area contributed by atoms with Crippen LogP contribution < -0.4 is 10.2 Å². The zero-order chi connectivity index (χ0) is 20.8. The van der Waals surface area contributed by atoms with Gasteiger partial charge in [0.25, 0.3) is 5.91 Å². The predicted octanol–water partition coefficient (Wildman–Crippen LogP) is 3.53. The van der Waals surface area contributed by atoms with Crippen molar-refractivity contribution in [3.05, 3.63) is 29.8 Å². The first kappa shape index (κ1) is 23.5. The van der Waals surface area contributed by atoms with Crippen molar-refractivity contribution in [2.45, 2.75) is 58.3 Å². The van der Waals surface area contributed by atoms with Gasteiger partial charge in [0.15, 0.2) is 0 Å². The van der Waals surface area contributed by atoms with Gasteiger partial charge < -0.3 is 20.4 Å². The minimum atomic E-state index is -1.16. The van der Waals surface area contributed by atoms with Crippen molar-refractivity contribution in [2.24, 2.45) is 0 Å². The zero-order valence-electron chi connectivity index (χ0n) is 16.7. The van der Waals surface area contributed by atoms with Crippen LogP contribution in [-0.2, 0) is 9.59 Å². The van der Waals surface area contributed by atoms with Gasteiger partial charge in [-0.3, -0.25) is 14.4 Å². The van der Waals surface area contributed by atoms with Crippen molar-refractivity contribution in [3.8, 4) is 0 Å². The van der Waals surface area contributed by atoms with E-state index >= 15 is 0 Å². The molecule has 28 heavy (non-hydrogen) atoms.